The number of fused-ring (bicyclic) bond motifs is 3. The van der Waals surface area contributed by atoms with Crippen LogP contribution in [-0.2, 0) is 12.2 Å². The number of methoxy groups -OCH3 is 2. The van der Waals surface area contributed by atoms with Crippen molar-refractivity contribution in [1.29, 1.82) is 0 Å². The van der Waals surface area contributed by atoms with E-state index in [4.69, 9.17) is 18.9 Å². The molecule has 0 spiro atoms. The third kappa shape index (κ3) is 4.20. The minimum absolute atomic E-state index is 0.0100. The zero-order chi connectivity index (χ0) is 26.3. The third-order valence-electron chi connectivity index (χ3n) is 7.76. The molecule has 2 heterocycles. The summed E-state index contributed by atoms with van der Waals surface area (Å²) in [6.45, 7) is 4.20. The standard InChI is InChI=1S/C34H32O4/c1-22-5-9-24(10-6-22)11-16-29-30-21-28(36-4)15-18-33(30)38-34(26-12-7-23(2)8-13-26)31(29)20-25-19-27(35-3)14-17-32(25)37-34/h5-19,21,29,31H,20H2,1-4H3/b16-11+/t29-,31-,34+/m1/s1. The first kappa shape index (κ1) is 24.2. The van der Waals surface area contributed by atoms with E-state index >= 15 is 0 Å². The van der Waals surface area contributed by atoms with Crippen molar-refractivity contribution >= 4 is 6.08 Å². The summed E-state index contributed by atoms with van der Waals surface area (Å²) in [5.41, 5.74) is 6.81. The molecular weight excluding hydrogens is 472 g/mol. The molecule has 2 aliphatic rings. The molecule has 0 amide bonds. The van der Waals surface area contributed by atoms with Gasteiger partial charge in [0.05, 0.1) is 20.1 Å². The molecule has 0 aromatic heterocycles. The molecule has 0 bridgehead atoms. The molecule has 0 unspecified atom stereocenters. The Balaban J connectivity index is 1.55. The Bertz CT molecular complexity index is 1490. The van der Waals surface area contributed by atoms with Gasteiger partial charge in [0.2, 0.25) is 0 Å². The summed E-state index contributed by atoms with van der Waals surface area (Å²) >= 11 is 0. The number of hydrogen-bond acceptors (Lipinski definition) is 4. The maximum absolute atomic E-state index is 6.92. The lowest BCUT2D eigenvalue weighted by Gasteiger charge is -2.50. The van der Waals surface area contributed by atoms with Crippen LogP contribution < -0.4 is 18.9 Å². The molecule has 4 aromatic carbocycles. The molecule has 4 heteroatoms. The SMILES string of the molecule is COc1ccc2c(c1)C[C@@H]1[C@H](/C=C/c3ccc(C)cc3)c3cc(OC)ccc3O[C@]1(c1ccc(C)cc1)O2. The van der Waals surface area contributed by atoms with Crippen LogP contribution in [0.15, 0.2) is 91.0 Å². The fourth-order valence-corrected chi connectivity index (χ4v) is 5.65. The fraction of sp³-hybridized carbons (Fsp3) is 0.235. The lowest BCUT2D eigenvalue weighted by atomic mass is 9.70. The Hall–Kier alpha value is -4.18. The van der Waals surface area contributed by atoms with Gasteiger partial charge in [0.15, 0.2) is 0 Å². The molecule has 0 saturated carbocycles. The number of ether oxygens (including phenoxy) is 4. The molecule has 0 saturated heterocycles. The first-order valence-electron chi connectivity index (χ1n) is 13.0. The van der Waals surface area contributed by atoms with Crippen molar-refractivity contribution in [1.82, 2.24) is 0 Å². The highest BCUT2D eigenvalue weighted by Gasteiger charge is 2.55. The van der Waals surface area contributed by atoms with E-state index in [1.807, 2.05) is 24.3 Å². The van der Waals surface area contributed by atoms with Crippen LogP contribution in [0.4, 0.5) is 0 Å². The van der Waals surface area contributed by atoms with Crippen LogP contribution in [0.1, 0.15) is 39.3 Å². The summed E-state index contributed by atoms with van der Waals surface area (Å²) < 4.78 is 25.0. The number of benzene rings is 4. The van der Waals surface area contributed by atoms with Crippen molar-refractivity contribution in [2.24, 2.45) is 5.92 Å². The van der Waals surface area contributed by atoms with Gasteiger partial charge in [-0.2, -0.15) is 0 Å². The highest BCUT2D eigenvalue weighted by atomic mass is 16.7. The Morgan fingerprint density at radius 3 is 2.03 bits per heavy atom. The highest BCUT2D eigenvalue weighted by molar-refractivity contribution is 5.56. The van der Waals surface area contributed by atoms with Gasteiger partial charge < -0.3 is 18.9 Å². The van der Waals surface area contributed by atoms with Gasteiger partial charge >= 0.3 is 0 Å². The van der Waals surface area contributed by atoms with Crippen molar-refractivity contribution in [3.63, 3.8) is 0 Å². The normalized spacial score (nSPS) is 21.5. The van der Waals surface area contributed by atoms with Crippen molar-refractivity contribution in [3.8, 4) is 23.0 Å². The van der Waals surface area contributed by atoms with Crippen LogP contribution in [-0.4, -0.2) is 14.2 Å². The smallest absolute Gasteiger partial charge is 0.281 e. The minimum Gasteiger partial charge on any atom is -0.497 e. The number of allylic oxidation sites excluding steroid dienone is 1. The van der Waals surface area contributed by atoms with Crippen molar-refractivity contribution < 1.29 is 18.9 Å². The molecule has 0 radical (unpaired) electrons. The van der Waals surface area contributed by atoms with Gasteiger partial charge in [-0.05, 0) is 67.8 Å². The Kier molecular flexibility index (Phi) is 6.11. The van der Waals surface area contributed by atoms with Gasteiger partial charge in [-0.1, -0.05) is 71.8 Å². The summed E-state index contributed by atoms with van der Waals surface area (Å²) in [5, 5.41) is 0. The highest BCUT2D eigenvalue weighted by Crippen LogP contribution is 2.56. The average molecular weight is 505 g/mol. The molecule has 0 N–H and O–H groups in total. The second-order valence-corrected chi connectivity index (χ2v) is 10.2. The number of rotatable bonds is 5. The fourth-order valence-electron chi connectivity index (χ4n) is 5.65. The topological polar surface area (TPSA) is 36.9 Å². The zero-order valence-corrected chi connectivity index (χ0v) is 22.2. The molecule has 192 valence electrons. The van der Waals surface area contributed by atoms with Gasteiger partial charge in [-0.15, -0.1) is 0 Å². The van der Waals surface area contributed by atoms with Crippen molar-refractivity contribution in [2.75, 3.05) is 14.2 Å². The van der Waals surface area contributed by atoms with Gasteiger partial charge in [0.25, 0.3) is 5.79 Å². The summed E-state index contributed by atoms with van der Waals surface area (Å²) in [7, 11) is 3.40. The lowest BCUT2D eigenvalue weighted by molar-refractivity contribution is -0.187. The maximum atomic E-state index is 6.92. The van der Waals surface area contributed by atoms with Gasteiger partial charge in [0.1, 0.15) is 23.0 Å². The first-order valence-corrected chi connectivity index (χ1v) is 13.0. The van der Waals surface area contributed by atoms with E-state index in [9.17, 15) is 0 Å². The summed E-state index contributed by atoms with van der Waals surface area (Å²) in [5.74, 6) is 2.24. The van der Waals surface area contributed by atoms with Gasteiger partial charge in [-0.3, -0.25) is 0 Å². The molecule has 38 heavy (non-hydrogen) atoms. The number of aryl methyl sites for hydroxylation is 2. The monoisotopic (exact) mass is 504 g/mol. The van der Waals surface area contributed by atoms with E-state index < -0.39 is 5.79 Å². The second kappa shape index (κ2) is 9.60. The van der Waals surface area contributed by atoms with Crippen LogP contribution in [0.3, 0.4) is 0 Å². The number of hydrogen-bond donors (Lipinski definition) is 0. The molecule has 3 atom stereocenters. The Morgan fingerprint density at radius 1 is 0.737 bits per heavy atom. The lowest BCUT2D eigenvalue weighted by Crippen LogP contribution is -2.54. The predicted octanol–water partition coefficient (Wildman–Crippen LogP) is 7.61. The molecule has 4 nitrogen and oxygen atoms in total. The van der Waals surface area contributed by atoms with E-state index in [-0.39, 0.29) is 11.8 Å². The average Bonchev–Trinajstić information content (AvgIpc) is 2.95. The van der Waals surface area contributed by atoms with Crippen molar-refractivity contribution in [2.45, 2.75) is 32.0 Å². The van der Waals surface area contributed by atoms with E-state index in [1.165, 1.54) is 11.1 Å². The van der Waals surface area contributed by atoms with E-state index in [0.29, 0.717) is 0 Å². The minimum atomic E-state index is -0.987. The Labute approximate surface area is 224 Å². The quantitative estimate of drug-likeness (QED) is 0.280. The molecule has 2 aliphatic heterocycles. The molecule has 6 rings (SSSR count). The van der Waals surface area contributed by atoms with Gasteiger partial charge in [-0.25, -0.2) is 0 Å². The maximum Gasteiger partial charge on any atom is 0.281 e. The summed E-state index contributed by atoms with van der Waals surface area (Å²) in [4.78, 5) is 0. The van der Waals surface area contributed by atoms with Crippen LogP contribution in [0, 0.1) is 19.8 Å². The summed E-state index contributed by atoms with van der Waals surface area (Å²) in [6, 6.07) is 29.2. The molecular formula is C34H32O4. The molecule has 0 aliphatic carbocycles. The van der Waals surface area contributed by atoms with E-state index in [0.717, 1.165) is 51.7 Å². The van der Waals surface area contributed by atoms with E-state index in [1.54, 1.807) is 14.2 Å². The van der Waals surface area contributed by atoms with E-state index in [2.05, 4.69) is 86.7 Å². The molecule has 0 fully saturated rings. The molecule has 4 aromatic rings. The van der Waals surface area contributed by atoms with Crippen LogP contribution >= 0.6 is 0 Å². The van der Waals surface area contributed by atoms with Crippen molar-refractivity contribution in [3.05, 3.63) is 124 Å². The van der Waals surface area contributed by atoms with Gasteiger partial charge in [0, 0.05) is 17.0 Å². The summed E-state index contributed by atoms with van der Waals surface area (Å²) in [6.07, 6.45) is 5.27. The zero-order valence-electron chi connectivity index (χ0n) is 22.2. The van der Waals surface area contributed by atoms with Crippen LogP contribution in [0.25, 0.3) is 6.08 Å². The Morgan fingerprint density at radius 2 is 1.34 bits per heavy atom. The largest absolute Gasteiger partial charge is 0.497 e. The second-order valence-electron chi connectivity index (χ2n) is 10.2. The predicted molar refractivity (Wildman–Crippen MR) is 150 cm³/mol. The van der Waals surface area contributed by atoms with Crippen LogP contribution in [0.5, 0.6) is 23.0 Å². The first-order chi connectivity index (χ1) is 18.5. The van der Waals surface area contributed by atoms with Crippen LogP contribution in [0.2, 0.25) is 0 Å². The third-order valence-corrected chi connectivity index (χ3v) is 7.76.